The topological polar surface area (TPSA) is 69.0 Å². The molecule has 3 rings (SSSR count). The van der Waals surface area contributed by atoms with Crippen LogP contribution >= 0.6 is 11.8 Å². The number of para-hydroxylation sites is 1. The molecule has 7 heteroatoms. The molecular formula is C20H22N4O2S. The second-order valence-corrected chi connectivity index (χ2v) is 6.98. The van der Waals surface area contributed by atoms with Gasteiger partial charge in [0.25, 0.3) is 0 Å². The first kappa shape index (κ1) is 19.0. The number of thioether (sulfide) groups is 1. The highest BCUT2D eigenvalue weighted by Crippen LogP contribution is 2.22. The number of carbonyl (C=O) groups excluding carboxylic acids is 1. The lowest BCUT2D eigenvalue weighted by molar-refractivity contribution is -0.120. The van der Waals surface area contributed by atoms with E-state index in [0.29, 0.717) is 18.7 Å². The van der Waals surface area contributed by atoms with Gasteiger partial charge in [0, 0.05) is 36.9 Å². The fraction of sp³-hybridized carbons (Fsp3) is 0.250. The molecule has 27 heavy (non-hydrogen) atoms. The second kappa shape index (κ2) is 9.23. The van der Waals surface area contributed by atoms with Crippen molar-refractivity contribution in [2.24, 2.45) is 7.05 Å². The van der Waals surface area contributed by atoms with Crippen molar-refractivity contribution in [1.82, 2.24) is 20.1 Å². The first-order valence-corrected chi connectivity index (χ1v) is 9.64. The van der Waals surface area contributed by atoms with Crippen LogP contribution < -0.4 is 10.1 Å². The quantitative estimate of drug-likeness (QED) is 0.606. The van der Waals surface area contributed by atoms with Gasteiger partial charge in [0.1, 0.15) is 5.75 Å². The number of ether oxygens (including phenoxy) is 1. The van der Waals surface area contributed by atoms with Crippen LogP contribution in [0.5, 0.6) is 5.75 Å². The van der Waals surface area contributed by atoms with Gasteiger partial charge >= 0.3 is 0 Å². The summed E-state index contributed by atoms with van der Waals surface area (Å²) in [4.78, 5) is 12.1. The lowest BCUT2D eigenvalue weighted by Gasteiger charge is -2.09. The smallest absolute Gasteiger partial charge is 0.221 e. The molecule has 0 bridgehead atoms. The normalized spacial score (nSPS) is 10.6. The highest BCUT2D eigenvalue weighted by Gasteiger charge is 2.12. The van der Waals surface area contributed by atoms with E-state index >= 15 is 0 Å². The maximum absolute atomic E-state index is 12.1. The van der Waals surface area contributed by atoms with E-state index < -0.39 is 0 Å². The average molecular weight is 382 g/mol. The van der Waals surface area contributed by atoms with Crippen molar-refractivity contribution in [1.29, 1.82) is 0 Å². The number of nitrogens with zero attached hydrogens (tertiary/aromatic N) is 3. The zero-order valence-corrected chi connectivity index (χ0v) is 16.2. The number of methoxy groups -OCH3 is 1. The molecular weight excluding hydrogens is 360 g/mol. The number of carbonyl (C=O) groups is 1. The summed E-state index contributed by atoms with van der Waals surface area (Å²) < 4.78 is 7.25. The summed E-state index contributed by atoms with van der Waals surface area (Å²) in [6.07, 6.45) is 0.410. The number of amides is 1. The van der Waals surface area contributed by atoms with Gasteiger partial charge in [0.05, 0.1) is 7.11 Å². The predicted molar refractivity (Wildman–Crippen MR) is 107 cm³/mol. The summed E-state index contributed by atoms with van der Waals surface area (Å²) in [5.74, 6) is 2.23. The molecule has 140 valence electrons. The van der Waals surface area contributed by atoms with Crippen LogP contribution in [0.2, 0.25) is 0 Å². The fourth-order valence-electron chi connectivity index (χ4n) is 2.65. The maximum Gasteiger partial charge on any atom is 0.221 e. The Morgan fingerprint density at radius 3 is 2.63 bits per heavy atom. The monoisotopic (exact) mass is 382 g/mol. The SMILES string of the molecule is COc1ccccc1CNC(=O)CCSc1nnc(-c2ccccc2)n1C. The van der Waals surface area contributed by atoms with Gasteiger partial charge in [-0.2, -0.15) is 0 Å². The van der Waals surface area contributed by atoms with E-state index in [4.69, 9.17) is 4.74 Å². The van der Waals surface area contributed by atoms with Gasteiger partial charge in [0.15, 0.2) is 11.0 Å². The third kappa shape index (κ3) is 4.89. The minimum Gasteiger partial charge on any atom is -0.496 e. The minimum atomic E-state index is -0.00106. The van der Waals surface area contributed by atoms with Gasteiger partial charge in [0.2, 0.25) is 5.91 Å². The van der Waals surface area contributed by atoms with E-state index in [0.717, 1.165) is 27.9 Å². The molecule has 0 aliphatic rings. The van der Waals surface area contributed by atoms with E-state index in [-0.39, 0.29) is 5.91 Å². The molecule has 1 amide bonds. The standard InChI is InChI=1S/C20H22N4O2S/c1-24-19(15-8-4-3-5-9-15)22-23-20(24)27-13-12-18(25)21-14-16-10-6-7-11-17(16)26-2/h3-11H,12-14H2,1-2H3,(H,21,25). The van der Waals surface area contributed by atoms with Crippen LogP contribution in [0.25, 0.3) is 11.4 Å². The molecule has 0 fully saturated rings. The Morgan fingerprint density at radius 1 is 1.11 bits per heavy atom. The van der Waals surface area contributed by atoms with Crippen molar-refractivity contribution in [2.75, 3.05) is 12.9 Å². The van der Waals surface area contributed by atoms with E-state index in [2.05, 4.69) is 15.5 Å². The number of nitrogens with one attached hydrogen (secondary N) is 1. The van der Waals surface area contributed by atoms with Gasteiger partial charge in [-0.15, -0.1) is 10.2 Å². The third-order valence-corrected chi connectivity index (χ3v) is 5.12. The summed E-state index contributed by atoms with van der Waals surface area (Å²) in [6.45, 7) is 0.454. The van der Waals surface area contributed by atoms with Crippen LogP contribution in [0.15, 0.2) is 59.8 Å². The molecule has 0 radical (unpaired) electrons. The fourth-order valence-corrected chi connectivity index (χ4v) is 3.49. The molecule has 1 N–H and O–H groups in total. The van der Waals surface area contributed by atoms with E-state index in [1.54, 1.807) is 7.11 Å². The van der Waals surface area contributed by atoms with Gasteiger partial charge in [-0.3, -0.25) is 4.79 Å². The molecule has 0 aliphatic heterocycles. The minimum absolute atomic E-state index is 0.00106. The van der Waals surface area contributed by atoms with Gasteiger partial charge in [-0.05, 0) is 6.07 Å². The Kier molecular flexibility index (Phi) is 6.49. The maximum atomic E-state index is 12.1. The van der Waals surface area contributed by atoms with E-state index in [9.17, 15) is 4.79 Å². The van der Waals surface area contributed by atoms with Crippen LogP contribution in [0.1, 0.15) is 12.0 Å². The summed E-state index contributed by atoms with van der Waals surface area (Å²) in [7, 11) is 3.56. The van der Waals surface area contributed by atoms with Crippen LogP contribution in [-0.4, -0.2) is 33.5 Å². The van der Waals surface area contributed by atoms with Crippen molar-refractivity contribution in [3.05, 3.63) is 60.2 Å². The molecule has 0 saturated carbocycles. The van der Waals surface area contributed by atoms with Gasteiger partial charge < -0.3 is 14.6 Å². The van der Waals surface area contributed by atoms with Crippen LogP contribution in [0.4, 0.5) is 0 Å². The highest BCUT2D eigenvalue weighted by atomic mass is 32.2. The zero-order chi connectivity index (χ0) is 19.1. The largest absolute Gasteiger partial charge is 0.496 e. The van der Waals surface area contributed by atoms with Crippen LogP contribution in [0, 0.1) is 0 Å². The first-order chi connectivity index (χ1) is 13.2. The van der Waals surface area contributed by atoms with Crippen LogP contribution in [0.3, 0.4) is 0 Å². The van der Waals surface area contributed by atoms with Gasteiger partial charge in [-0.25, -0.2) is 0 Å². The lowest BCUT2D eigenvalue weighted by Crippen LogP contribution is -2.23. The predicted octanol–water partition coefficient (Wildman–Crippen LogP) is 3.29. The number of aromatic nitrogens is 3. The summed E-state index contributed by atoms with van der Waals surface area (Å²) in [5, 5.41) is 12.2. The van der Waals surface area contributed by atoms with E-state index in [1.807, 2.05) is 66.2 Å². The molecule has 0 saturated heterocycles. The van der Waals surface area contributed by atoms with Crippen molar-refractivity contribution >= 4 is 17.7 Å². The van der Waals surface area contributed by atoms with Crippen molar-refractivity contribution in [3.8, 4) is 17.1 Å². The number of hydrogen-bond acceptors (Lipinski definition) is 5. The Balaban J connectivity index is 1.49. The Morgan fingerprint density at radius 2 is 1.85 bits per heavy atom. The molecule has 1 heterocycles. The molecule has 0 unspecified atom stereocenters. The molecule has 1 aromatic heterocycles. The van der Waals surface area contributed by atoms with Gasteiger partial charge in [-0.1, -0.05) is 60.3 Å². The number of benzene rings is 2. The average Bonchev–Trinajstić information content (AvgIpc) is 3.07. The number of hydrogen-bond donors (Lipinski definition) is 1. The second-order valence-electron chi connectivity index (χ2n) is 5.92. The summed E-state index contributed by atoms with van der Waals surface area (Å²) in [5.41, 5.74) is 1.98. The first-order valence-electron chi connectivity index (χ1n) is 8.65. The molecule has 2 aromatic carbocycles. The summed E-state index contributed by atoms with van der Waals surface area (Å²) in [6, 6.07) is 17.6. The Hall–Kier alpha value is -2.80. The number of rotatable bonds is 8. The molecule has 0 spiro atoms. The highest BCUT2D eigenvalue weighted by molar-refractivity contribution is 7.99. The third-order valence-electron chi connectivity index (χ3n) is 4.10. The van der Waals surface area contributed by atoms with E-state index in [1.165, 1.54) is 11.8 Å². The molecule has 3 aromatic rings. The molecule has 6 nitrogen and oxygen atoms in total. The molecule has 0 atom stereocenters. The Bertz CT molecular complexity index is 896. The molecule has 0 aliphatic carbocycles. The van der Waals surface area contributed by atoms with Crippen molar-refractivity contribution < 1.29 is 9.53 Å². The van der Waals surface area contributed by atoms with Crippen molar-refractivity contribution in [2.45, 2.75) is 18.1 Å². The summed E-state index contributed by atoms with van der Waals surface area (Å²) >= 11 is 1.52. The van der Waals surface area contributed by atoms with Crippen molar-refractivity contribution in [3.63, 3.8) is 0 Å². The van der Waals surface area contributed by atoms with Crippen LogP contribution in [-0.2, 0) is 18.4 Å². The Labute approximate surface area is 163 Å². The zero-order valence-electron chi connectivity index (χ0n) is 15.4. The lowest BCUT2D eigenvalue weighted by atomic mass is 10.2.